The van der Waals surface area contributed by atoms with Crippen LogP contribution in [-0.2, 0) is 6.42 Å². The zero-order valence-corrected chi connectivity index (χ0v) is 20.8. The van der Waals surface area contributed by atoms with Gasteiger partial charge in [0.05, 0.1) is 0 Å². The van der Waals surface area contributed by atoms with Gasteiger partial charge in [0.2, 0.25) is 0 Å². The van der Waals surface area contributed by atoms with Crippen molar-refractivity contribution in [2.24, 2.45) is 16.8 Å². The molecule has 0 saturated carbocycles. The van der Waals surface area contributed by atoms with Crippen LogP contribution in [0.15, 0.2) is 35.3 Å². The fourth-order valence-corrected chi connectivity index (χ4v) is 4.53. The number of nitrogens with zero attached hydrogens (tertiary/aromatic N) is 4. The Labute approximate surface area is 194 Å². The van der Waals surface area contributed by atoms with Crippen LogP contribution in [0.5, 0.6) is 0 Å². The monoisotopic (exact) mass is 513 g/mol. The lowest BCUT2D eigenvalue weighted by molar-refractivity contribution is 0.124. The van der Waals surface area contributed by atoms with Crippen molar-refractivity contribution in [3.05, 3.63) is 35.9 Å². The van der Waals surface area contributed by atoms with Crippen molar-refractivity contribution in [3.63, 3.8) is 0 Å². The molecule has 0 amide bonds. The number of hydrogen-bond acceptors (Lipinski definition) is 3. The van der Waals surface area contributed by atoms with Gasteiger partial charge < -0.3 is 20.0 Å². The minimum atomic E-state index is 0. The number of nitrogens with one attached hydrogen (secondary N) is 1. The lowest BCUT2D eigenvalue weighted by Crippen LogP contribution is -2.49. The molecule has 1 aromatic carbocycles. The number of benzene rings is 1. The molecule has 2 saturated heterocycles. The van der Waals surface area contributed by atoms with E-state index in [1.807, 2.05) is 7.05 Å². The maximum absolute atomic E-state index is 4.56. The molecular formula is C23H40IN5. The molecule has 1 N–H and O–H groups in total. The number of guanidine groups is 1. The van der Waals surface area contributed by atoms with Crippen LogP contribution in [0.4, 0.5) is 0 Å². The second kappa shape index (κ2) is 12.7. The van der Waals surface area contributed by atoms with Crippen molar-refractivity contribution in [2.75, 3.05) is 66.0 Å². The number of hydrogen-bond donors (Lipinski definition) is 1. The van der Waals surface area contributed by atoms with Crippen LogP contribution in [0.2, 0.25) is 0 Å². The fraction of sp³-hybridized carbons (Fsp3) is 0.696. The highest BCUT2D eigenvalue weighted by molar-refractivity contribution is 14.0. The van der Waals surface area contributed by atoms with Crippen LogP contribution in [-0.4, -0.2) is 86.6 Å². The van der Waals surface area contributed by atoms with Gasteiger partial charge in [0, 0.05) is 59.4 Å². The van der Waals surface area contributed by atoms with E-state index in [4.69, 9.17) is 0 Å². The van der Waals surface area contributed by atoms with Crippen LogP contribution in [0, 0.1) is 11.8 Å². The van der Waals surface area contributed by atoms with Crippen LogP contribution < -0.4 is 5.32 Å². The quantitative estimate of drug-likeness (QED) is 0.346. The van der Waals surface area contributed by atoms with Crippen molar-refractivity contribution in [2.45, 2.75) is 26.7 Å². The lowest BCUT2D eigenvalue weighted by atomic mass is 9.99. The van der Waals surface area contributed by atoms with Gasteiger partial charge >= 0.3 is 0 Å². The molecule has 2 fully saturated rings. The molecule has 0 radical (unpaired) electrons. The summed E-state index contributed by atoms with van der Waals surface area (Å²) in [4.78, 5) is 12.2. The molecular weight excluding hydrogens is 473 g/mol. The molecule has 2 aliphatic rings. The minimum absolute atomic E-state index is 0. The highest BCUT2D eigenvalue weighted by atomic mass is 127. The first kappa shape index (κ1) is 24.4. The average Bonchev–Trinajstić information content (AvgIpc) is 3.18. The Morgan fingerprint density at radius 2 is 1.79 bits per heavy atom. The standard InChI is InChI=1S/C23H39N5.HI/c1-4-26-12-14-27(15-13-26)18-20(2)17-25-23(24-3)28-11-10-22(19-28)16-21-8-6-5-7-9-21;/h5-9,20,22H,4,10-19H2,1-3H3,(H,24,25);1H. The molecule has 2 atom stereocenters. The van der Waals surface area contributed by atoms with Gasteiger partial charge in [0.15, 0.2) is 5.96 Å². The molecule has 6 heteroatoms. The highest BCUT2D eigenvalue weighted by Gasteiger charge is 2.25. The summed E-state index contributed by atoms with van der Waals surface area (Å²) in [5.74, 6) is 2.44. The molecule has 164 valence electrons. The topological polar surface area (TPSA) is 34.1 Å². The third-order valence-electron chi connectivity index (χ3n) is 6.26. The third-order valence-corrected chi connectivity index (χ3v) is 6.26. The fourth-order valence-electron chi connectivity index (χ4n) is 4.53. The molecule has 2 heterocycles. The van der Waals surface area contributed by atoms with Gasteiger partial charge in [-0.05, 0) is 36.8 Å². The van der Waals surface area contributed by atoms with E-state index in [2.05, 4.69) is 69.2 Å². The van der Waals surface area contributed by atoms with E-state index in [-0.39, 0.29) is 24.0 Å². The van der Waals surface area contributed by atoms with Gasteiger partial charge in [0.25, 0.3) is 0 Å². The molecule has 5 nitrogen and oxygen atoms in total. The molecule has 2 unspecified atom stereocenters. The average molecular weight is 514 g/mol. The number of likely N-dealkylation sites (tertiary alicyclic amines) is 1. The van der Waals surface area contributed by atoms with Crippen LogP contribution >= 0.6 is 24.0 Å². The predicted molar refractivity (Wildman–Crippen MR) is 134 cm³/mol. The summed E-state index contributed by atoms with van der Waals surface area (Å²) in [5, 5.41) is 3.64. The number of piperazine rings is 1. The van der Waals surface area contributed by atoms with Crippen molar-refractivity contribution in [1.29, 1.82) is 0 Å². The summed E-state index contributed by atoms with van der Waals surface area (Å²) in [7, 11) is 1.92. The number of rotatable bonds is 7. The van der Waals surface area contributed by atoms with Crippen LogP contribution in [0.25, 0.3) is 0 Å². The van der Waals surface area contributed by atoms with Gasteiger partial charge in [-0.2, -0.15) is 0 Å². The van der Waals surface area contributed by atoms with Crippen LogP contribution in [0.1, 0.15) is 25.8 Å². The summed E-state index contributed by atoms with van der Waals surface area (Å²) in [5.41, 5.74) is 1.45. The summed E-state index contributed by atoms with van der Waals surface area (Å²) in [6.07, 6.45) is 2.43. The van der Waals surface area contributed by atoms with Crippen molar-refractivity contribution >= 4 is 29.9 Å². The van der Waals surface area contributed by atoms with E-state index < -0.39 is 0 Å². The molecule has 2 aliphatic heterocycles. The van der Waals surface area contributed by atoms with E-state index >= 15 is 0 Å². The lowest BCUT2D eigenvalue weighted by Gasteiger charge is -2.35. The SMILES string of the molecule is CCN1CCN(CC(C)CNC(=NC)N2CCC(Cc3ccccc3)C2)CC1.I. The van der Waals surface area contributed by atoms with Gasteiger partial charge in [-0.15, -0.1) is 24.0 Å². The second-order valence-corrected chi connectivity index (χ2v) is 8.56. The predicted octanol–water partition coefficient (Wildman–Crippen LogP) is 3.02. The summed E-state index contributed by atoms with van der Waals surface area (Å²) in [6, 6.07) is 10.9. The van der Waals surface area contributed by atoms with Gasteiger partial charge in [-0.25, -0.2) is 0 Å². The van der Waals surface area contributed by atoms with Gasteiger partial charge in [-0.1, -0.05) is 44.2 Å². The highest BCUT2D eigenvalue weighted by Crippen LogP contribution is 2.21. The molecule has 0 aliphatic carbocycles. The Hall–Kier alpha value is -0.860. The van der Waals surface area contributed by atoms with E-state index in [0.29, 0.717) is 5.92 Å². The van der Waals surface area contributed by atoms with E-state index in [9.17, 15) is 0 Å². The van der Waals surface area contributed by atoms with Gasteiger partial charge in [-0.3, -0.25) is 4.99 Å². The van der Waals surface area contributed by atoms with Crippen LogP contribution in [0.3, 0.4) is 0 Å². The Morgan fingerprint density at radius 1 is 1.10 bits per heavy atom. The maximum Gasteiger partial charge on any atom is 0.193 e. The van der Waals surface area contributed by atoms with E-state index in [0.717, 1.165) is 31.5 Å². The van der Waals surface area contributed by atoms with Crippen molar-refractivity contribution < 1.29 is 0 Å². The Morgan fingerprint density at radius 3 is 2.45 bits per heavy atom. The number of aliphatic imine (C=N–C) groups is 1. The Balaban J connectivity index is 0.00000300. The zero-order chi connectivity index (χ0) is 19.8. The molecule has 0 aromatic heterocycles. The molecule has 1 aromatic rings. The Kier molecular flexibility index (Phi) is 10.7. The molecule has 0 bridgehead atoms. The number of halogens is 1. The summed E-state index contributed by atoms with van der Waals surface area (Å²) in [6.45, 7) is 15.1. The normalized spacial score (nSPS) is 22.4. The zero-order valence-electron chi connectivity index (χ0n) is 18.5. The molecule has 3 rings (SSSR count). The van der Waals surface area contributed by atoms with Gasteiger partial charge in [0.1, 0.15) is 0 Å². The first-order chi connectivity index (χ1) is 13.7. The summed E-state index contributed by atoms with van der Waals surface area (Å²) >= 11 is 0. The van der Waals surface area contributed by atoms with Crippen molar-refractivity contribution in [3.8, 4) is 0 Å². The third kappa shape index (κ3) is 7.72. The van der Waals surface area contributed by atoms with E-state index in [1.54, 1.807) is 0 Å². The first-order valence-corrected chi connectivity index (χ1v) is 11.1. The Bertz CT molecular complexity index is 601. The number of likely N-dealkylation sites (N-methyl/N-ethyl adjacent to an activating group) is 1. The minimum Gasteiger partial charge on any atom is -0.356 e. The van der Waals surface area contributed by atoms with Crippen molar-refractivity contribution in [1.82, 2.24) is 20.0 Å². The maximum atomic E-state index is 4.56. The summed E-state index contributed by atoms with van der Waals surface area (Å²) < 4.78 is 0. The first-order valence-electron chi connectivity index (χ1n) is 11.1. The van der Waals surface area contributed by atoms with E-state index in [1.165, 1.54) is 57.7 Å². The smallest absolute Gasteiger partial charge is 0.193 e. The molecule has 0 spiro atoms. The largest absolute Gasteiger partial charge is 0.356 e. The second-order valence-electron chi connectivity index (χ2n) is 8.56. The molecule has 29 heavy (non-hydrogen) atoms.